The summed E-state index contributed by atoms with van der Waals surface area (Å²) in [4.78, 5) is 37.6. The number of carbonyl (C=O) groups is 3. The summed E-state index contributed by atoms with van der Waals surface area (Å²) in [5.41, 5.74) is 1.23. The molecule has 0 fully saturated rings. The number of methoxy groups -OCH3 is 1. The number of imide groups is 1. The zero-order chi connectivity index (χ0) is 18.0. The normalized spacial score (nSPS) is 14.2. The fraction of sp³-hybridized carbons (Fsp3) is 0.211. The Kier molecular flexibility index (Phi) is 4.52. The molecular weight excluding hydrogens is 322 g/mol. The highest BCUT2D eigenvalue weighted by Crippen LogP contribution is 2.29. The van der Waals surface area contributed by atoms with Crippen LogP contribution in [0.3, 0.4) is 0 Å². The Hall–Kier alpha value is -3.15. The molecule has 0 saturated heterocycles. The van der Waals surface area contributed by atoms with Crippen molar-refractivity contribution in [3.05, 3.63) is 59.7 Å². The number of esters is 1. The van der Waals surface area contributed by atoms with Crippen LogP contribution < -0.4 is 9.64 Å². The van der Waals surface area contributed by atoms with Gasteiger partial charge in [-0.25, -0.2) is 9.69 Å². The summed E-state index contributed by atoms with van der Waals surface area (Å²) in [6, 6.07) is 13.2. The highest BCUT2D eigenvalue weighted by molar-refractivity contribution is 6.34. The van der Waals surface area contributed by atoms with Gasteiger partial charge < -0.3 is 9.47 Å². The summed E-state index contributed by atoms with van der Waals surface area (Å²) >= 11 is 0. The Bertz CT molecular complexity index is 793. The van der Waals surface area contributed by atoms with Gasteiger partial charge in [0, 0.05) is 0 Å². The van der Waals surface area contributed by atoms with Crippen LogP contribution in [0.15, 0.2) is 48.5 Å². The predicted molar refractivity (Wildman–Crippen MR) is 90.7 cm³/mol. The van der Waals surface area contributed by atoms with Crippen molar-refractivity contribution in [3.8, 4) is 5.75 Å². The van der Waals surface area contributed by atoms with Crippen molar-refractivity contribution in [3.63, 3.8) is 0 Å². The molecule has 0 spiro atoms. The van der Waals surface area contributed by atoms with Gasteiger partial charge in [-0.1, -0.05) is 19.1 Å². The second-order valence-electron chi connectivity index (χ2n) is 5.52. The van der Waals surface area contributed by atoms with Gasteiger partial charge in [-0.05, 0) is 42.8 Å². The number of amides is 2. The van der Waals surface area contributed by atoms with Crippen molar-refractivity contribution in [1.82, 2.24) is 0 Å². The van der Waals surface area contributed by atoms with Crippen LogP contribution in [0.1, 0.15) is 34.1 Å². The summed E-state index contributed by atoms with van der Waals surface area (Å²) in [7, 11) is 1.31. The first-order valence-electron chi connectivity index (χ1n) is 7.89. The molecule has 6 heteroatoms. The van der Waals surface area contributed by atoms with E-state index in [0.29, 0.717) is 29.0 Å². The first-order chi connectivity index (χ1) is 12.1. The van der Waals surface area contributed by atoms with Crippen molar-refractivity contribution in [2.24, 2.45) is 0 Å². The number of nitrogens with zero attached hydrogens (tertiary/aromatic N) is 1. The van der Waals surface area contributed by atoms with Gasteiger partial charge in [0.25, 0.3) is 11.8 Å². The zero-order valence-corrected chi connectivity index (χ0v) is 13.9. The molecule has 2 aromatic carbocycles. The van der Waals surface area contributed by atoms with Crippen molar-refractivity contribution in [2.45, 2.75) is 19.4 Å². The van der Waals surface area contributed by atoms with Crippen molar-refractivity contribution < 1.29 is 23.9 Å². The molecule has 25 heavy (non-hydrogen) atoms. The van der Waals surface area contributed by atoms with Crippen LogP contribution in [0.2, 0.25) is 0 Å². The van der Waals surface area contributed by atoms with E-state index < -0.39 is 12.1 Å². The Morgan fingerprint density at radius 3 is 2.04 bits per heavy atom. The van der Waals surface area contributed by atoms with Crippen LogP contribution in [0, 0.1) is 0 Å². The quantitative estimate of drug-likeness (QED) is 0.619. The van der Waals surface area contributed by atoms with Crippen LogP contribution in [0.4, 0.5) is 5.69 Å². The maximum atomic E-state index is 12.5. The largest absolute Gasteiger partial charge is 0.479 e. The molecule has 128 valence electrons. The van der Waals surface area contributed by atoms with E-state index in [1.54, 1.807) is 48.5 Å². The average Bonchev–Trinajstić information content (AvgIpc) is 2.91. The van der Waals surface area contributed by atoms with E-state index >= 15 is 0 Å². The monoisotopic (exact) mass is 339 g/mol. The molecule has 2 aromatic rings. The third kappa shape index (κ3) is 2.98. The maximum Gasteiger partial charge on any atom is 0.347 e. The number of benzene rings is 2. The molecule has 3 rings (SSSR count). The lowest BCUT2D eigenvalue weighted by Crippen LogP contribution is -2.29. The van der Waals surface area contributed by atoms with E-state index in [1.165, 1.54) is 7.11 Å². The van der Waals surface area contributed by atoms with Crippen LogP contribution in [0.25, 0.3) is 0 Å². The van der Waals surface area contributed by atoms with E-state index in [0.717, 1.165) is 4.90 Å². The first-order valence-corrected chi connectivity index (χ1v) is 7.89. The number of carbonyl (C=O) groups excluding carboxylic acids is 3. The topological polar surface area (TPSA) is 72.9 Å². The van der Waals surface area contributed by atoms with E-state index in [2.05, 4.69) is 4.74 Å². The number of hydrogen-bond donors (Lipinski definition) is 0. The average molecular weight is 339 g/mol. The minimum atomic E-state index is -0.699. The molecule has 0 radical (unpaired) electrons. The lowest BCUT2D eigenvalue weighted by atomic mass is 10.1. The summed E-state index contributed by atoms with van der Waals surface area (Å²) < 4.78 is 10.3. The Labute approximate surface area is 145 Å². The third-order valence-electron chi connectivity index (χ3n) is 4.00. The molecule has 0 N–H and O–H groups in total. The highest BCUT2D eigenvalue weighted by atomic mass is 16.6. The van der Waals surface area contributed by atoms with Crippen LogP contribution >= 0.6 is 0 Å². The third-order valence-corrected chi connectivity index (χ3v) is 4.00. The second kappa shape index (κ2) is 6.76. The van der Waals surface area contributed by atoms with E-state index in [1.807, 2.05) is 6.92 Å². The Morgan fingerprint density at radius 2 is 1.56 bits per heavy atom. The summed E-state index contributed by atoms with van der Waals surface area (Å²) in [5.74, 6) is -0.699. The van der Waals surface area contributed by atoms with Gasteiger partial charge in [0.05, 0.1) is 23.9 Å². The second-order valence-corrected chi connectivity index (χ2v) is 5.52. The molecule has 1 aliphatic heterocycles. The SMILES string of the molecule is CC[C@@H](Oc1ccc(N2C(=O)c3ccccc3C2=O)cc1)C(=O)OC. The smallest absolute Gasteiger partial charge is 0.347 e. The van der Waals surface area contributed by atoms with Crippen LogP contribution in [-0.2, 0) is 9.53 Å². The number of hydrogen-bond acceptors (Lipinski definition) is 5. The lowest BCUT2D eigenvalue weighted by Gasteiger charge is -2.17. The molecule has 1 atom stereocenters. The molecule has 0 saturated carbocycles. The maximum absolute atomic E-state index is 12.5. The Balaban J connectivity index is 1.81. The zero-order valence-electron chi connectivity index (χ0n) is 13.9. The predicted octanol–water partition coefficient (Wildman–Crippen LogP) is 2.82. The molecule has 0 unspecified atom stereocenters. The van der Waals surface area contributed by atoms with Gasteiger partial charge in [0.2, 0.25) is 0 Å². The molecule has 2 amide bonds. The van der Waals surface area contributed by atoms with Crippen LogP contribution in [0.5, 0.6) is 5.75 Å². The number of ether oxygens (including phenoxy) is 2. The van der Waals surface area contributed by atoms with Gasteiger partial charge in [-0.2, -0.15) is 0 Å². The standard InChI is InChI=1S/C19H17NO5/c1-3-16(19(23)24-2)25-13-10-8-12(9-11-13)20-17(21)14-6-4-5-7-15(14)18(20)22/h4-11,16H,3H2,1-2H3/t16-/m1/s1. The van der Waals surface area contributed by atoms with E-state index in [-0.39, 0.29) is 11.8 Å². The summed E-state index contributed by atoms with van der Waals surface area (Å²) in [5, 5.41) is 0. The Morgan fingerprint density at radius 1 is 1.00 bits per heavy atom. The van der Waals surface area contributed by atoms with E-state index in [4.69, 9.17) is 4.74 Å². The number of rotatable bonds is 5. The molecule has 6 nitrogen and oxygen atoms in total. The van der Waals surface area contributed by atoms with E-state index in [9.17, 15) is 14.4 Å². The highest BCUT2D eigenvalue weighted by Gasteiger charge is 2.36. The molecule has 0 bridgehead atoms. The fourth-order valence-electron chi connectivity index (χ4n) is 2.69. The molecule has 1 aliphatic rings. The first kappa shape index (κ1) is 16.7. The minimum absolute atomic E-state index is 0.352. The molecule has 0 aromatic heterocycles. The van der Waals surface area contributed by atoms with Crippen molar-refractivity contribution in [1.29, 1.82) is 0 Å². The lowest BCUT2D eigenvalue weighted by molar-refractivity contribution is -0.148. The van der Waals surface area contributed by atoms with Gasteiger partial charge in [-0.15, -0.1) is 0 Å². The number of fused-ring (bicyclic) bond motifs is 1. The minimum Gasteiger partial charge on any atom is -0.479 e. The van der Waals surface area contributed by atoms with Gasteiger partial charge in [-0.3, -0.25) is 9.59 Å². The van der Waals surface area contributed by atoms with Gasteiger partial charge >= 0.3 is 5.97 Å². The van der Waals surface area contributed by atoms with Crippen molar-refractivity contribution >= 4 is 23.5 Å². The number of anilines is 1. The molecule has 1 heterocycles. The van der Waals surface area contributed by atoms with Gasteiger partial charge in [0.1, 0.15) is 5.75 Å². The summed E-state index contributed by atoms with van der Waals surface area (Å²) in [6.07, 6.45) is -0.234. The van der Waals surface area contributed by atoms with Gasteiger partial charge in [0.15, 0.2) is 6.10 Å². The molecule has 0 aliphatic carbocycles. The summed E-state index contributed by atoms with van der Waals surface area (Å²) in [6.45, 7) is 1.81. The van der Waals surface area contributed by atoms with Crippen LogP contribution in [-0.4, -0.2) is 31.0 Å². The molecular formula is C19H17NO5. The van der Waals surface area contributed by atoms with Crippen molar-refractivity contribution in [2.75, 3.05) is 12.0 Å². The fourth-order valence-corrected chi connectivity index (χ4v) is 2.69.